The average Bonchev–Trinajstić information content (AvgIpc) is 2.35. The first-order valence-corrected chi connectivity index (χ1v) is 5.29. The highest BCUT2D eigenvalue weighted by Crippen LogP contribution is 2.42. The van der Waals surface area contributed by atoms with Crippen molar-refractivity contribution in [1.82, 2.24) is 0 Å². The molecule has 1 rings (SSSR count). The number of ether oxygens (including phenoxy) is 3. The summed E-state index contributed by atoms with van der Waals surface area (Å²) in [5.74, 6) is 1.52. The average molecular weight is 278 g/mol. The van der Waals surface area contributed by atoms with Gasteiger partial charge in [0.15, 0.2) is 11.5 Å². The molecular formula is C12H20ClNO4. The smallest absolute Gasteiger partial charge is 0.203 e. The number of hydrogen-bond acceptors (Lipinski definition) is 5. The first-order valence-electron chi connectivity index (χ1n) is 5.29. The van der Waals surface area contributed by atoms with E-state index in [1.807, 2.05) is 0 Å². The Hall–Kier alpha value is -1.17. The second kappa shape index (κ2) is 7.31. The maximum absolute atomic E-state index is 9.53. The normalized spacial score (nSPS) is 13.2. The van der Waals surface area contributed by atoms with Crippen molar-refractivity contribution in [1.29, 1.82) is 0 Å². The number of methoxy groups -OCH3 is 3. The maximum Gasteiger partial charge on any atom is 0.203 e. The second-order valence-electron chi connectivity index (χ2n) is 3.69. The largest absolute Gasteiger partial charge is 0.493 e. The summed E-state index contributed by atoms with van der Waals surface area (Å²) in [6.07, 6.45) is -0.679. The fourth-order valence-electron chi connectivity index (χ4n) is 1.65. The fourth-order valence-corrected chi connectivity index (χ4v) is 1.65. The summed E-state index contributed by atoms with van der Waals surface area (Å²) in [6, 6.07) is 2.96. The lowest BCUT2D eigenvalue weighted by Gasteiger charge is -2.21. The predicted octanol–water partition coefficient (Wildman–Crippen LogP) is 1.51. The molecule has 2 atom stereocenters. The molecule has 0 aliphatic carbocycles. The van der Waals surface area contributed by atoms with Crippen LogP contribution < -0.4 is 19.9 Å². The van der Waals surface area contributed by atoms with Crippen LogP contribution in [0.25, 0.3) is 0 Å². The Morgan fingerprint density at radius 1 is 1.06 bits per heavy atom. The maximum atomic E-state index is 9.53. The minimum atomic E-state index is -0.679. The van der Waals surface area contributed by atoms with Crippen LogP contribution >= 0.6 is 12.4 Å². The Balaban J connectivity index is 0.00000289. The quantitative estimate of drug-likeness (QED) is 0.853. The predicted molar refractivity (Wildman–Crippen MR) is 72.0 cm³/mol. The van der Waals surface area contributed by atoms with Crippen molar-refractivity contribution in [3.8, 4) is 17.2 Å². The van der Waals surface area contributed by atoms with E-state index in [2.05, 4.69) is 0 Å². The van der Waals surface area contributed by atoms with Crippen LogP contribution in [0.1, 0.15) is 18.5 Å². The lowest BCUT2D eigenvalue weighted by atomic mass is 10.0. The number of benzene rings is 1. The molecule has 0 fully saturated rings. The highest BCUT2D eigenvalue weighted by atomic mass is 35.5. The van der Waals surface area contributed by atoms with Crippen molar-refractivity contribution in [3.63, 3.8) is 0 Å². The molecule has 0 aliphatic rings. The molecule has 1 aromatic carbocycles. The van der Waals surface area contributed by atoms with Gasteiger partial charge in [0.25, 0.3) is 0 Å². The Labute approximate surface area is 113 Å². The van der Waals surface area contributed by atoms with E-state index >= 15 is 0 Å². The number of aliphatic hydroxyl groups is 1. The number of nitrogens with two attached hydrogens (primary N) is 1. The molecule has 5 nitrogen and oxygen atoms in total. The lowest BCUT2D eigenvalue weighted by Crippen LogP contribution is -2.23. The van der Waals surface area contributed by atoms with Crippen molar-refractivity contribution >= 4 is 12.4 Å². The molecule has 0 spiro atoms. The van der Waals surface area contributed by atoms with Crippen LogP contribution in [-0.2, 0) is 0 Å². The van der Waals surface area contributed by atoms with E-state index in [1.54, 1.807) is 26.2 Å². The van der Waals surface area contributed by atoms with Gasteiger partial charge in [-0.15, -0.1) is 12.4 Å². The van der Waals surface area contributed by atoms with Gasteiger partial charge in [0, 0.05) is 5.56 Å². The van der Waals surface area contributed by atoms with Crippen LogP contribution in [0.4, 0.5) is 0 Å². The molecule has 0 saturated carbocycles. The van der Waals surface area contributed by atoms with Crippen molar-refractivity contribution in [2.24, 2.45) is 5.73 Å². The van der Waals surface area contributed by atoms with E-state index in [4.69, 9.17) is 19.9 Å². The SMILES string of the molecule is COc1ccc([C@@H](N)[C@H](C)O)c(OC)c1OC.Cl. The molecule has 104 valence electrons. The number of halogens is 1. The second-order valence-corrected chi connectivity index (χ2v) is 3.69. The van der Waals surface area contributed by atoms with Gasteiger partial charge in [-0.05, 0) is 19.1 Å². The van der Waals surface area contributed by atoms with Gasteiger partial charge in [-0.3, -0.25) is 0 Å². The fraction of sp³-hybridized carbons (Fsp3) is 0.500. The molecule has 0 saturated heterocycles. The highest BCUT2D eigenvalue weighted by molar-refractivity contribution is 5.85. The first-order chi connectivity index (χ1) is 8.06. The summed E-state index contributed by atoms with van der Waals surface area (Å²) in [4.78, 5) is 0. The third-order valence-electron chi connectivity index (χ3n) is 2.61. The van der Waals surface area contributed by atoms with E-state index in [-0.39, 0.29) is 12.4 Å². The summed E-state index contributed by atoms with van der Waals surface area (Å²) >= 11 is 0. The number of aliphatic hydroxyl groups excluding tert-OH is 1. The molecule has 0 aliphatic heterocycles. The minimum Gasteiger partial charge on any atom is -0.493 e. The lowest BCUT2D eigenvalue weighted by molar-refractivity contribution is 0.162. The van der Waals surface area contributed by atoms with E-state index < -0.39 is 12.1 Å². The molecule has 0 aromatic heterocycles. The van der Waals surface area contributed by atoms with Crippen LogP contribution in [0.5, 0.6) is 17.2 Å². The number of hydrogen-bond donors (Lipinski definition) is 2. The van der Waals surface area contributed by atoms with Crippen LogP contribution in [0.15, 0.2) is 12.1 Å². The number of rotatable bonds is 5. The third-order valence-corrected chi connectivity index (χ3v) is 2.61. The zero-order valence-electron chi connectivity index (χ0n) is 11.0. The summed E-state index contributed by atoms with van der Waals surface area (Å²) in [7, 11) is 4.60. The highest BCUT2D eigenvalue weighted by Gasteiger charge is 2.22. The Kier molecular flexibility index (Phi) is 6.83. The van der Waals surface area contributed by atoms with Gasteiger partial charge >= 0.3 is 0 Å². The molecule has 0 bridgehead atoms. The van der Waals surface area contributed by atoms with E-state index in [0.29, 0.717) is 22.8 Å². The minimum absolute atomic E-state index is 0. The zero-order chi connectivity index (χ0) is 13.0. The van der Waals surface area contributed by atoms with Crippen LogP contribution in [0.2, 0.25) is 0 Å². The Morgan fingerprint density at radius 2 is 1.61 bits per heavy atom. The summed E-state index contributed by atoms with van der Waals surface area (Å²) in [5, 5.41) is 9.53. The molecule has 1 aromatic rings. The van der Waals surface area contributed by atoms with Crippen LogP contribution in [0, 0.1) is 0 Å². The van der Waals surface area contributed by atoms with E-state index in [1.165, 1.54) is 14.2 Å². The van der Waals surface area contributed by atoms with Crippen LogP contribution in [-0.4, -0.2) is 32.5 Å². The van der Waals surface area contributed by atoms with E-state index in [9.17, 15) is 5.11 Å². The van der Waals surface area contributed by atoms with Crippen LogP contribution in [0.3, 0.4) is 0 Å². The first kappa shape index (κ1) is 16.8. The summed E-state index contributed by atoms with van der Waals surface area (Å²) in [6.45, 7) is 1.63. The van der Waals surface area contributed by atoms with Gasteiger partial charge < -0.3 is 25.1 Å². The standard InChI is InChI=1S/C12H19NO4.ClH/c1-7(14)10(13)8-5-6-9(15-2)12(17-4)11(8)16-3;/h5-7,10,14H,13H2,1-4H3;1H/t7-,10-;/m0./s1. The molecule has 0 radical (unpaired) electrons. The molecular weight excluding hydrogens is 258 g/mol. The Bertz CT molecular complexity index is 385. The van der Waals surface area contributed by atoms with Crippen molar-refractivity contribution < 1.29 is 19.3 Å². The van der Waals surface area contributed by atoms with Gasteiger partial charge in [0.2, 0.25) is 5.75 Å². The molecule has 6 heteroatoms. The van der Waals surface area contributed by atoms with Crippen molar-refractivity contribution in [3.05, 3.63) is 17.7 Å². The Morgan fingerprint density at radius 3 is 2.00 bits per heavy atom. The molecule has 0 heterocycles. The van der Waals surface area contributed by atoms with E-state index in [0.717, 1.165) is 0 Å². The topological polar surface area (TPSA) is 73.9 Å². The molecule has 3 N–H and O–H groups in total. The third kappa shape index (κ3) is 3.19. The summed E-state index contributed by atoms with van der Waals surface area (Å²) in [5.41, 5.74) is 6.58. The molecule has 0 unspecified atom stereocenters. The molecule has 18 heavy (non-hydrogen) atoms. The summed E-state index contributed by atoms with van der Waals surface area (Å²) < 4.78 is 15.7. The van der Waals surface area contributed by atoms with Gasteiger partial charge in [0.1, 0.15) is 0 Å². The van der Waals surface area contributed by atoms with Gasteiger partial charge in [-0.1, -0.05) is 0 Å². The zero-order valence-corrected chi connectivity index (χ0v) is 11.8. The monoisotopic (exact) mass is 277 g/mol. The molecule has 0 amide bonds. The van der Waals surface area contributed by atoms with Gasteiger partial charge in [-0.2, -0.15) is 0 Å². The van der Waals surface area contributed by atoms with Gasteiger partial charge in [-0.25, -0.2) is 0 Å². The van der Waals surface area contributed by atoms with Crippen molar-refractivity contribution in [2.75, 3.05) is 21.3 Å². The van der Waals surface area contributed by atoms with Crippen molar-refractivity contribution in [2.45, 2.75) is 19.1 Å². The van der Waals surface area contributed by atoms with Gasteiger partial charge in [0.05, 0.1) is 33.5 Å².